The lowest BCUT2D eigenvalue weighted by molar-refractivity contribution is -0.131. The standard InChI is InChI=1S/C15H28N6O4/c1-9(23)12(8-22)21-14(25)11(5-3-7-19-15(16)17)20-13(24)10-4-2-6-18-10/h8-12,18,23H,2-7H2,1H3,(H,20,24)(H,21,25)(H4,16,17,19)/t9-,10+,11+,12-/m1/s1. The Labute approximate surface area is 146 Å². The zero-order valence-electron chi connectivity index (χ0n) is 14.4. The quantitative estimate of drug-likeness (QED) is 0.107. The van der Waals surface area contributed by atoms with Crippen LogP contribution in [0.3, 0.4) is 0 Å². The van der Waals surface area contributed by atoms with Crippen molar-refractivity contribution in [1.82, 2.24) is 16.0 Å². The highest BCUT2D eigenvalue weighted by Gasteiger charge is 2.28. The summed E-state index contributed by atoms with van der Waals surface area (Å²) in [4.78, 5) is 39.4. The van der Waals surface area contributed by atoms with Gasteiger partial charge in [-0.05, 0) is 39.2 Å². The van der Waals surface area contributed by atoms with Gasteiger partial charge < -0.3 is 37.3 Å². The SMILES string of the molecule is C[C@@H](O)[C@@H](C=O)NC(=O)[C@H](CCCN=C(N)N)NC(=O)[C@@H]1CCCN1. The molecule has 0 radical (unpaired) electrons. The molecule has 1 aliphatic rings. The highest BCUT2D eigenvalue weighted by atomic mass is 16.3. The monoisotopic (exact) mass is 356 g/mol. The highest BCUT2D eigenvalue weighted by Crippen LogP contribution is 2.07. The van der Waals surface area contributed by atoms with Crippen molar-refractivity contribution in [3.05, 3.63) is 0 Å². The fraction of sp³-hybridized carbons (Fsp3) is 0.733. The molecule has 25 heavy (non-hydrogen) atoms. The second-order valence-electron chi connectivity index (χ2n) is 6.07. The number of rotatable bonds is 10. The van der Waals surface area contributed by atoms with Crippen molar-refractivity contribution in [3.63, 3.8) is 0 Å². The van der Waals surface area contributed by atoms with Gasteiger partial charge in [0.1, 0.15) is 18.4 Å². The van der Waals surface area contributed by atoms with Gasteiger partial charge in [0, 0.05) is 6.54 Å². The van der Waals surface area contributed by atoms with Gasteiger partial charge in [-0.3, -0.25) is 14.6 Å². The molecule has 1 saturated heterocycles. The van der Waals surface area contributed by atoms with E-state index < -0.39 is 24.1 Å². The third kappa shape index (κ3) is 7.48. The predicted octanol–water partition coefficient (Wildman–Crippen LogP) is -2.66. The average Bonchev–Trinajstić information content (AvgIpc) is 3.09. The molecule has 142 valence electrons. The molecule has 1 rings (SSSR count). The molecule has 8 N–H and O–H groups in total. The Morgan fingerprint density at radius 1 is 1.40 bits per heavy atom. The van der Waals surface area contributed by atoms with Crippen LogP contribution < -0.4 is 27.4 Å². The summed E-state index contributed by atoms with van der Waals surface area (Å²) in [5.74, 6) is -0.844. The lowest BCUT2D eigenvalue weighted by Crippen LogP contribution is -2.55. The van der Waals surface area contributed by atoms with E-state index >= 15 is 0 Å². The Bertz CT molecular complexity index is 486. The van der Waals surface area contributed by atoms with Gasteiger partial charge in [0.05, 0.1) is 12.1 Å². The number of aliphatic hydroxyl groups excluding tert-OH is 1. The maximum absolute atomic E-state index is 12.4. The zero-order chi connectivity index (χ0) is 18.8. The van der Waals surface area contributed by atoms with Gasteiger partial charge in [0.25, 0.3) is 0 Å². The van der Waals surface area contributed by atoms with Crippen molar-refractivity contribution < 1.29 is 19.5 Å². The summed E-state index contributed by atoms with van der Waals surface area (Å²) < 4.78 is 0. The summed E-state index contributed by atoms with van der Waals surface area (Å²) in [7, 11) is 0. The Morgan fingerprint density at radius 2 is 2.12 bits per heavy atom. The van der Waals surface area contributed by atoms with E-state index in [0.717, 1.165) is 13.0 Å². The lowest BCUT2D eigenvalue weighted by Gasteiger charge is -2.23. The van der Waals surface area contributed by atoms with Crippen molar-refractivity contribution in [2.45, 2.75) is 56.8 Å². The lowest BCUT2D eigenvalue weighted by atomic mass is 10.1. The van der Waals surface area contributed by atoms with Gasteiger partial charge in [-0.2, -0.15) is 0 Å². The van der Waals surface area contributed by atoms with Crippen molar-refractivity contribution in [2.75, 3.05) is 13.1 Å². The van der Waals surface area contributed by atoms with E-state index in [4.69, 9.17) is 11.5 Å². The van der Waals surface area contributed by atoms with Crippen LogP contribution in [0.15, 0.2) is 4.99 Å². The van der Waals surface area contributed by atoms with Crippen molar-refractivity contribution in [2.24, 2.45) is 16.5 Å². The zero-order valence-corrected chi connectivity index (χ0v) is 14.4. The minimum Gasteiger partial charge on any atom is -0.391 e. The normalized spacial score (nSPS) is 20.2. The summed E-state index contributed by atoms with van der Waals surface area (Å²) in [6.45, 7) is 2.47. The smallest absolute Gasteiger partial charge is 0.243 e. The van der Waals surface area contributed by atoms with Crippen molar-refractivity contribution in [1.29, 1.82) is 0 Å². The summed E-state index contributed by atoms with van der Waals surface area (Å²) in [5, 5.41) is 17.7. The number of hydrogen-bond acceptors (Lipinski definition) is 6. The number of aliphatic hydroxyl groups is 1. The number of guanidine groups is 1. The fourth-order valence-electron chi connectivity index (χ4n) is 2.49. The third-order valence-electron chi connectivity index (χ3n) is 3.93. The van der Waals surface area contributed by atoms with E-state index in [2.05, 4.69) is 20.9 Å². The molecule has 1 aliphatic heterocycles. The maximum Gasteiger partial charge on any atom is 0.243 e. The summed E-state index contributed by atoms with van der Waals surface area (Å²) >= 11 is 0. The summed E-state index contributed by atoms with van der Waals surface area (Å²) in [6.07, 6.45) is 1.80. The molecule has 0 saturated carbocycles. The Hall–Kier alpha value is -2.20. The summed E-state index contributed by atoms with van der Waals surface area (Å²) in [5.41, 5.74) is 10.5. The number of nitrogens with one attached hydrogen (secondary N) is 3. The Morgan fingerprint density at radius 3 is 2.64 bits per heavy atom. The van der Waals surface area contributed by atoms with Crippen LogP contribution in [0.1, 0.15) is 32.6 Å². The third-order valence-corrected chi connectivity index (χ3v) is 3.93. The van der Waals surface area contributed by atoms with Gasteiger partial charge in [-0.1, -0.05) is 0 Å². The molecule has 0 aromatic rings. The molecular weight excluding hydrogens is 328 g/mol. The molecular formula is C15H28N6O4. The molecule has 0 bridgehead atoms. The topological polar surface area (TPSA) is 172 Å². The first-order chi connectivity index (χ1) is 11.8. The van der Waals surface area contributed by atoms with Gasteiger partial charge in [0.15, 0.2) is 5.96 Å². The van der Waals surface area contributed by atoms with Crippen LogP contribution in [0.5, 0.6) is 0 Å². The number of amides is 2. The van der Waals surface area contributed by atoms with Crippen LogP contribution in [0.25, 0.3) is 0 Å². The molecule has 2 amide bonds. The molecule has 0 unspecified atom stereocenters. The van der Waals surface area contributed by atoms with Crippen LogP contribution >= 0.6 is 0 Å². The van der Waals surface area contributed by atoms with E-state index in [0.29, 0.717) is 32.1 Å². The van der Waals surface area contributed by atoms with E-state index in [9.17, 15) is 19.5 Å². The molecule has 0 aliphatic carbocycles. The van der Waals surface area contributed by atoms with Crippen LogP contribution in [0.4, 0.5) is 0 Å². The molecule has 0 spiro atoms. The first-order valence-corrected chi connectivity index (χ1v) is 8.38. The number of hydrogen-bond donors (Lipinski definition) is 6. The van der Waals surface area contributed by atoms with Crippen LogP contribution in [0.2, 0.25) is 0 Å². The van der Waals surface area contributed by atoms with Crippen molar-refractivity contribution >= 4 is 24.1 Å². The second-order valence-corrected chi connectivity index (χ2v) is 6.07. The predicted molar refractivity (Wildman–Crippen MR) is 92.5 cm³/mol. The molecule has 1 fully saturated rings. The van der Waals surface area contributed by atoms with E-state index in [-0.39, 0.29) is 17.9 Å². The number of carbonyl (C=O) groups is 3. The van der Waals surface area contributed by atoms with E-state index in [1.165, 1.54) is 6.92 Å². The Kier molecular flexibility index (Phi) is 8.86. The molecule has 0 aromatic carbocycles. The maximum atomic E-state index is 12.4. The molecule has 1 heterocycles. The number of aldehydes is 1. The van der Waals surface area contributed by atoms with Crippen LogP contribution in [-0.4, -0.2) is 66.5 Å². The minimum atomic E-state index is -1.03. The number of nitrogens with zero attached hydrogens (tertiary/aromatic N) is 1. The first-order valence-electron chi connectivity index (χ1n) is 8.38. The second kappa shape index (κ2) is 10.6. The number of carbonyl (C=O) groups excluding carboxylic acids is 3. The highest BCUT2D eigenvalue weighted by molar-refractivity contribution is 5.91. The summed E-state index contributed by atoms with van der Waals surface area (Å²) in [6, 6.07) is -2.20. The first kappa shape index (κ1) is 20.8. The fourth-order valence-corrected chi connectivity index (χ4v) is 2.49. The number of nitrogens with two attached hydrogens (primary N) is 2. The van der Waals surface area contributed by atoms with Gasteiger partial charge >= 0.3 is 0 Å². The Balaban J connectivity index is 2.67. The van der Waals surface area contributed by atoms with E-state index in [1.807, 2.05) is 0 Å². The van der Waals surface area contributed by atoms with Crippen LogP contribution in [0, 0.1) is 0 Å². The van der Waals surface area contributed by atoms with Gasteiger partial charge in [0.2, 0.25) is 11.8 Å². The van der Waals surface area contributed by atoms with Gasteiger partial charge in [-0.25, -0.2) is 0 Å². The van der Waals surface area contributed by atoms with Gasteiger partial charge in [-0.15, -0.1) is 0 Å². The average molecular weight is 356 g/mol. The molecule has 0 aromatic heterocycles. The van der Waals surface area contributed by atoms with Crippen molar-refractivity contribution in [3.8, 4) is 0 Å². The minimum absolute atomic E-state index is 0.0460. The molecule has 10 nitrogen and oxygen atoms in total. The molecule has 4 atom stereocenters. The number of aliphatic imine (C=N–C) groups is 1. The molecule has 10 heteroatoms. The van der Waals surface area contributed by atoms with E-state index in [1.54, 1.807) is 0 Å². The van der Waals surface area contributed by atoms with Crippen LogP contribution in [-0.2, 0) is 14.4 Å². The largest absolute Gasteiger partial charge is 0.391 e.